The molecule has 4 rings (SSSR count). The number of carbonyl (C=O) groups excluding carboxylic acids is 1. The second kappa shape index (κ2) is 5.23. The number of nitrogens with zero attached hydrogens (tertiary/aromatic N) is 2. The van der Waals surface area contributed by atoms with Crippen molar-refractivity contribution >= 4 is 5.91 Å². The van der Waals surface area contributed by atoms with Gasteiger partial charge in [0.15, 0.2) is 0 Å². The van der Waals surface area contributed by atoms with E-state index >= 15 is 0 Å². The molecule has 1 saturated carbocycles. The van der Waals surface area contributed by atoms with Crippen molar-refractivity contribution in [1.82, 2.24) is 15.1 Å². The number of nitrogens with one attached hydrogen (secondary N) is 1. The van der Waals surface area contributed by atoms with Crippen LogP contribution in [0.25, 0.3) is 0 Å². The van der Waals surface area contributed by atoms with E-state index in [1.54, 1.807) is 17.1 Å². The minimum absolute atomic E-state index is 0.105. The van der Waals surface area contributed by atoms with E-state index in [1.807, 2.05) is 24.3 Å². The Morgan fingerprint density at radius 1 is 1.36 bits per heavy atom. The Morgan fingerprint density at radius 3 is 3.00 bits per heavy atom. The Hall–Kier alpha value is -2.18. The van der Waals surface area contributed by atoms with Crippen molar-refractivity contribution in [1.29, 1.82) is 0 Å². The summed E-state index contributed by atoms with van der Waals surface area (Å²) >= 11 is 0. The van der Waals surface area contributed by atoms with E-state index in [9.17, 15) is 9.90 Å². The lowest BCUT2D eigenvalue weighted by atomic mass is 9.83. The zero-order chi connectivity index (χ0) is 15.1. The number of ether oxygens (including phenoxy) is 1. The fourth-order valence-electron chi connectivity index (χ4n) is 3.14. The molecule has 0 radical (unpaired) electrons. The molecule has 1 aliphatic carbocycles. The topological polar surface area (TPSA) is 76.4 Å². The summed E-state index contributed by atoms with van der Waals surface area (Å²) in [6, 6.07) is 7.15. The van der Waals surface area contributed by atoms with E-state index < -0.39 is 6.10 Å². The van der Waals surface area contributed by atoms with E-state index in [2.05, 4.69) is 10.4 Å². The lowest BCUT2D eigenvalue weighted by Gasteiger charge is -2.41. The van der Waals surface area contributed by atoms with E-state index in [1.165, 1.54) is 0 Å². The van der Waals surface area contributed by atoms with Crippen LogP contribution < -0.4 is 5.32 Å². The van der Waals surface area contributed by atoms with Gasteiger partial charge in [0.2, 0.25) is 0 Å². The molecule has 6 heteroatoms. The summed E-state index contributed by atoms with van der Waals surface area (Å²) in [5.41, 5.74) is 2.85. The van der Waals surface area contributed by atoms with Crippen molar-refractivity contribution in [2.24, 2.45) is 0 Å². The van der Waals surface area contributed by atoms with Crippen LogP contribution in [0.1, 0.15) is 33.9 Å². The van der Waals surface area contributed by atoms with Crippen molar-refractivity contribution in [3.05, 3.63) is 53.3 Å². The van der Waals surface area contributed by atoms with Gasteiger partial charge in [0.1, 0.15) is 0 Å². The monoisotopic (exact) mass is 299 g/mol. The standard InChI is InChI=1S/C16H17N3O3/c20-14-7-13(15(14)19-5-1-4-17-19)18-16(21)10-2-3-11-8-22-9-12(11)6-10/h1-6,13-15,20H,7-9H2,(H,18,21)/t13-,14+,15+/m0/s1. The lowest BCUT2D eigenvalue weighted by Crippen LogP contribution is -2.56. The smallest absolute Gasteiger partial charge is 0.251 e. The van der Waals surface area contributed by atoms with Crippen LogP contribution in [0, 0.1) is 0 Å². The van der Waals surface area contributed by atoms with Crippen LogP contribution in [0.3, 0.4) is 0 Å². The molecule has 1 amide bonds. The van der Waals surface area contributed by atoms with Crippen LogP contribution in [0.15, 0.2) is 36.7 Å². The van der Waals surface area contributed by atoms with Crippen molar-refractivity contribution in [3.8, 4) is 0 Å². The van der Waals surface area contributed by atoms with Gasteiger partial charge in [0, 0.05) is 18.0 Å². The molecule has 1 aromatic carbocycles. The molecule has 1 fully saturated rings. The third-order valence-electron chi connectivity index (χ3n) is 4.43. The zero-order valence-electron chi connectivity index (χ0n) is 12.0. The molecule has 0 saturated heterocycles. The van der Waals surface area contributed by atoms with E-state index in [4.69, 9.17) is 4.74 Å². The summed E-state index contributed by atoms with van der Waals surface area (Å²) in [6.07, 6.45) is 3.55. The minimum atomic E-state index is -0.473. The number of benzene rings is 1. The summed E-state index contributed by atoms with van der Waals surface area (Å²) in [6.45, 7) is 1.18. The molecular formula is C16H17N3O3. The van der Waals surface area contributed by atoms with Crippen LogP contribution in [0.4, 0.5) is 0 Å². The fourth-order valence-corrected chi connectivity index (χ4v) is 3.14. The zero-order valence-corrected chi connectivity index (χ0v) is 12.0. The summed E-state index contributed by atoms with van der Waals surface area (Å²) in [5, 5.41) is 17.1. The maximum absolute atomic E-state index is 12.4. The van der Waals surface area contributed by atoms with Crippen LogP contribution in [-0.2, 0) is 18.0 Å². The first kappa shape index (κ1) is 13.5. The van der Waals surface area contributed by atoms with Crippen LogP contribution in [-0.4, -0.2) is 32.9 Å². The van der Waals surface area contributed by atoms with Crippen LogP contribution >= 0.6 is 0 Å². The Morgan fingerprint density at radius 2 is 2.23 bits per heavy atom. The van der Waals surface area contributed by atoms with Gasteiger partial charge in [0.25, 0.3) is 5.91 Å². The van der Waals surface area contributed by atoms with E-state index in [-0.39, 0.29) is 18.0 Å². The molecule has 22 heavy (non-hydrogen) atoms. The minimum Gasteiger partial charge on any atom is -0.391 e. The van der Waals surface area contributed by atoms with Gasteiger partial charge in [0.05, 0.1) is 31.4 Å². The molecule has 3 atom stereocenters. The van der Waals surface area contributed by atoms with Gasteiger partial charge in [-0.25, -0.2) is 0 Å². The van der Waals surface area contributed by atoms with Gasteiger partial charge >= 0.3 is 0 Å². The Labute approximate surface area is 127 Å². The highest BCUT2D eigenvalue weighted by molar-refractivity contribution is 5.94. The predicted molar refractivity (Wildman–Crippen MR) is 78.1 cm³/mol. The SMILES string of the molecule is O=C(N[C@H]1C[C@@H](O)[C@@H]1n1cccn1)c1ccc2c(c1)COC2. The number of aliphatic hydroxyl groups excluding tert-OH is 1. The van der Waals surface area contributed by atoms with Gasteiger partial charge in [-0.2, -0.15) is 5.10 Å². The first-order valence-electron chi connectivity index (χ1n) is 7.40. The van der Waals surface area contributed by atoms with E-state index in [0.717, 1.165) is 11.1 Å². The number of fused-ring (bicyclic) bond motifs is 1. The molecule has 1 aliphatic heterocycles. The van der Waals surface area contributed by atoms with Crippen molar-refractivity contribution in [2.45, 2.75) is 37.8 Å². The molecule has 0 bridgehead atoms. The number of carbonyl (C=O) groups is 1. The van der Waals surface area contributed by atoms with Crippen molar-refractivity contribution in [2.75, 3.05) is 0 Å². The van der Waals surface area contributed by atoms with E-state index in [0.29, 0.717) is 25.2 Å². The Kier molecular flexibility index (Phi) is 3.20. The second-order valence-corrected chi connectivity index (χ2v) is 5.84. The van der Waals surface area contributed by atoms with Gasteiger partial charge in [-0.15, -0.1) is 0 Å². The molecule has 1 aromatic heterocycles. The van der Waals surface area contributed by atoms with Crippen LogP contribution in [0.2, 0.25) is 0 Å². The quantitative estimate of drug-likeness (QED) is 0.887. The van der Waals surface area contributed by atoms with Crippen LogP contribution in [0.5, 0.6) is 0 Å². The maximum atomic E-state index is 12.4. The number of hydrogen-bond acceptors (Lipinski definition) is 4. The third kappa shape index (κ3) is 2.20. The molecule has 2 heterocycles. The average molecular weight is 299 g/mol. The number of hydrogen-bond donors (Lipinski definition) is 2. The largest absolute Gasteiger partial charge is 0.391 e. The highest BCUT2D eigenvalue weighted by atomic mass is 16.5. The fraction of sp³-hybridized carbons (Fsp3) is 0.375. The molecule has 0 spiro atoms. The first-order chi connectivity index (χ1) is 10.7. The van der Waals surface area contributed by atoms with Gasteiger partial charge in [-0.1, -0.05) is 6.07 Å². The predicted octanol–water partition coefficient (Wildman–Crippen LogP) is 1.02. The highest BCUT2D eigenvalue weighted by Crippen LogP contribution is 2.32. The molecule has 114 valence electrons. The average Bonchev–Trinajstić information content (AvgIpc) is 3.16. The molecular weight excluding hydrogens is 282 g/mol. The number of aromatic nitrogens is 2. The lowest BCUT2D eigenvalue weighted by molar-refractivity contribution is -0.00588. The second-order valence-electron chi connectivity index (χ2n) is 5.84. The molecule has 6 nitrogen and oxygen atoms in total. The molecule has 2 aromatic rings. The molecule has 2 aliphatic rings. The summed E-state index contributed by atoms with van der Waals surface area (Å²) in [5.74, 6) is -0.122. The van der Waals surface area contributed by atoms with Crippen molar-refractivity contribution in [3.63, 3.8) is 0 Å². The first-order valence-corrected chi connectivity index (χ1v) is 7.40. The van der Waals surface area contributed by atoms with Crippen molar-refractivity contribution < 1.29 is 14.6 Å². The maximum Gasteiger partial charge on any atom is 0.251 e. The number of aliphatic hydroxyl groups is 1. The van der Waals surface area contributed by atoms with Gasteiger partial charge < -0.3 is 15.2 Å². The summed E-state index contributed by atoms with van der Waals surface area (Å²) in [4.78, 5) is 12.4. The third-order valence-corrected chi connectivity index (χ3v) is 4.43. The number of amides is 1. The van der Waals surface area contributed by atoms with Gasteiger partial charge in [-0.05, 0) is 35.7 Å². The normalized spacial score (nSPS) is 26.3. The highest BCUT2D eigenvalue weighted by Gasteiger charge is 2.42. The Balaban J connectivity index is 1.48. The Bertz CT molecular complexity index is 699. The summed E-state index contributed by atoms with van der Waals surface area (Å²) in [7, 11) is 0. The molecule has 0 unspecified atom stereocenters. The van der Waals surface area contributed by atoms with Gasteiger partial charge in [-0.3, -0.25) is 9.48 Å². The summed E-state index contributed by atoms with van der Waals surface area (Å²) < 4.78 is 7.07. The molecule has 2 N–H and O–H groups in total. The number of rotatable bonds is 3.